The molecule has 1 saturated heterocycles. The van der Waals surface area contributed by atoms with Crippen LogP contribution in [0.4, 0.5) is 21.8 Å². The van der Waals surface area contributed by atoms with Crippen LogP contribution in [0.3, 0.4) is 0 Å². The van der Waals surface area contributed by atoms with Crippen LogP contribution in [0.25, 0.3) is 16.7 Å². The van der Waals surface area contributed by atoms with E-state index in [0.29, 0.717) is 65.1 Å². The highest BCUT2D eigenvalue weighted by molar-refractivity contribution is 7.88. The van der Waals surface area contributed by atoms with Gasteiger partial charge in [-0.25, -0.2) is 42.2 Å². The van der Waals surface area contributed by atoms with Crippen LogP contribution in [0, 0.1) is 12.7 Å². The van der Waals surface area contributed by atoms with Gasteiger partial charge in [0.25, 0.3) is 0 Å². The molecule has 206 valence electrons. The fourth-order valence-electron chi connectivity index (χ4n) is 4.69. The molecule has 1 atom stereocenters. The molecule has 15 heteroatoms. The normalized spacial score (nSPS) is 16.5. The van der Waals surface area contributed by atoms with Crippen LogP contribution in [0.2, 0.25) is 0 Å². The Morgan fingerprint density at radius 2 is 1.95 bits per heavy atom. The number of benzene rings is 1. The Balaban J connectivity index is 1.26. The molecule has 6 rings (SSSR count). The van der Waals surface area contributed by atoms with Crippen molar-refractivity contribution >= 4 is 44.2 Å². The summed E-state index contributed by atoms with van der Waals surface area (Å²) in [7, 11) is -3.31. The number of pyridine rings is 1. The number of nitrogens with zero attached hydrogens (tertiary/aromatic N) is 9. The van der Waals surface area contributed by atoms with Crippen molar-refractivity contribution in [1.29, 1.82) is 0 Å². The number of sulfonamides is 1. The topological polar surface area (TPSA) is 144 Å². The van der Waals surface area contributed by atoms with Gasteiger partial charge in [-0.2, -0.15) is 9.40 Å². The van der Waals surface area contributed by atoms with Gasteiger partial charge in [0.2, 0.25) is 16.0 Å². The maximum Gasteiger partial charge on any atom is 0.226 e. The lowest BCUT2D eigenvalue weighted by Crippen LogP contribution is -2.54. The van der Waals surface area contributed by atoms with Gasteiger partial charge >= 0.3 is 0 Å². The fraction of sp³-hybridized carbons (Fsp3) is 0.280. The first kappa shape index (κ1) is 25.8. The van der Waals surface area contributed by atoms with Gasteiger partial charge in [0.1, 0.15) is 35.2 Å². The Morgan fingerprint density at radius 3 is 2.75 bits per heavy atom. The molecule has 4 aromatic heterocycles. The molecule has 0 radical (unpaired) electrons. The zero-order valence-corrected chi connectivity index (χ0v) is 22.7. The van der Waals surface area contributed by atoms with Crippen molar-refractivity contribution in [3.63, 3.8) is 0 Å². The summed E-state index contributed by atoms with van der Waals surface area (Å²) in [6.07, 6.45) is 7.28. The van der Waals surface area contributed by atoms with E-state index in [1.807, 2.05) is 11.8 Å². The van der Waals surface area contributed by atoms with Crippen molar-refractivity contribution in [3.8, 4) is 11.5 Å². The average Bonchev–Trinajstić information content (AvgIpc) is 3.40. The molecule has 13 nitrogen and oxygen atoms in total. The van der Waals surface area contributed by atoms with Crippen LogP contribution in [0.1, 0.15) is 12.5 Å². The Bertz CT molecular complexity index is 1850. The third-order valence-electron chi connectivity index (χ3n) is 6.71. The minimum absolute atomic E-state index is 0.188. The molecular formula is C25H25FN10O3S. The van der Waals surface area contributed by atoms with E-state index in [1.165, 1.54) is 23.2 Å². The molecule has 5 heterocycles. The molecule has 0 spiro atoms. The highest BCUT2D eigenvalue weighted by atomic mass is 32.2. The number of hydrogen-bond acceptors (Lipinski definition) is 11. The summed E-state index contributed by atoms with van der Waals surface area (Å²) in [6, 6.07) is 6.42. The molecule has 1 aliphatic heterocycles. The fourth-order valence-corrected chi connectivity index (χ4v) is 5.83. The summed E-state index contributed by atoms with van der Waals surface area (Å²) in [6.45, 7) is 4.65. The Labute approximate surface area is 228 Å². The van der Waals surface area contributed by atoms with Crippen molar-refractivity contribution in [3.05, 3.63) is 60.7 Å². The summed E-state index contributed by atoms with van der Waals surface area (Å²) >= 11 is 0. The number of nitrogens with one attached hydrogen (secondary N) is 1. The maximum absolute atomic E-state index is 15.5. The van der Waals surface area contributed by atoms with Crippen molar-refractivity contribution in [2.24, 2.45) is 0 Å². The van der Waals surface area contributed by atoms with E-state index in [4.69, 9.17) is 4.74 Å². The second-order valence-corrected chi connectivity index (χ2v) is 11.4. The van der Waals surface area contributed by atoms with Crippen LogP contribution in [0.15, 0.2) is 49.3 Å². The zero-order chi connectivity index (χ0) is 28.0. The van der Waals surface area contributed by atoms with Crippen molar-refractivity contribution < 1.29 is 17.5 Å². The number of hydrogen-bond donors (Lipinski definition) is 1. The van der Waals surface area contributed by atoms with E-state index in [9.17, 15) is 8.42 Å². The third-order valence-corrected chi connectivity index (χ3v) is 8.10. The number of halogens is 1. The molecule has 1 aromatic carbocycles. The lowest BCUT2D eigenvalue weighted by atomic mass is 10.1. The lowest BCUT2D eigenvalue weighted by Gasteiger charge is -2.38. The van der Waals surface area contributed by atoms with Crippen molar-refractivity contribution in [2.45, 2.75) is 19.9 Å². The van der Waals surface area contributed by atoms with Crippen molar-refractivity contribution in [1.82, 2.24) is 38.8 Å². The largest absolute Gasteiger partial charge is 0.457 e. The SMILES string of the molecule is Cc1c(Oc2ccn3ncnc3c2)ccc(Nc2ncnc3cnc(N4CCN(S(C)(=O)=O)[C@H](C)C4)nc23)c1F. The van der Waals surface area contributed by atoms with E-state index in [-0.39, 0.29) is 11.7 Å². The predicted molar refractivity (Wildman–Crippen MR) is 146 cm³/mol. The van der Waals surface area contributed by atoms with E-state index in [1.54, 1.807) is 48.1 Å². The first-order valence-corrected chi connectivity index (χ1v) is 14.2. The van der Waals surface area contributed by atoms with Crippen LogP contribution in [-0.4, -0.2) is 79.2 Å². The van der Waals surface area contributed by atoms with Crippen molar-refractivity contribution in [2.75, 3.05) is 36.1 Å². The lowest BCUT2D eigenvalue weighted by molar-refractivity contribution is 0.307. The van der Waals surface area contributed by atoms with Gasteiger partial charge in [0, 0.05) is 43.5 Å². The average molecular weight is 565 g/mol. The van der Waals surface area contributed by atoms with Gasteiger partial charge in [0.15, 0.2) is 17.3 Å². The number of ether oxygens (including phenoxy) is 1. The van der Waals surface area contributed by atoms with Crippen LogP contribution in [0.5, 0.6) is 11.5 Å². The number of rotatable bonds is 6. The molecule has 1 aliphatic rings. The van der Waals surface area contributed by atoms with Gasteiger partial charge in [-0.1, -0.05) is 0 Å². The Hall–Kier alpha value is -4.50. The molecule has 0 aliphatic carbocycles. The summed E-state index contributed by atoms with van der Waals surface area (Å²) < 4.78 is 48.6. The molecule has 0 bridgehead atoms. The van der Waals surface area contributed by atoms with E-state index >= 15 is 4.39 Å². The van der Waals surface area contributed by atoms with E-state index in [2.05, 4.69) is 35.3 Å². The summed E-state index contributed by atoms with van der Waals surface area (Å²) in [5.41, 5.74) is 1.98. The first-order valence-electron chi connectivity index (χ1n) is 12.4. The minimum Gasteiger partial charge on any atom is -0.457 e. The van der Waals surface area contributed by atoms with Gasteiger partial charge in [-0.05, 0) is 32.0 Å². The number of fused-ring (bicyclic) bond motifs is 2. The molecule has 0 amide bonds. The zero-order valence-electron chi connectivity index (χ0n) is 21.9. The quantitative estimate of drug-likeness (QED) is 0.325. The molecular weight excluding hydrogens is 539 g/mol. The number of aromatic nitrogens is 7. The monoisotopic (exact) mass is 564 g/mol. The van der Waals surface area contributed by atoms with Gasteiger partial charge in [-0.3, -0.25) is 0 Å². The van der Waals surface area contributed by atoms with Crippen LogP contribution in [-0.2, 0) is 10.0 Å². The molecule has 0 unspecified atom stereocenters. The van der Waals surface area contributed by atoms with Gasteiger partial charge in [-0.15, -0.1) is 0 Å². The molecule has 0 saturated carbocycles. The second kappa shape index (κ2) is 9.91. The summed E-state index contributed by atoms with van der Waals surface area (Å²) in [5.74, 6) is 1.07. The standard InChI is InChI=1S/C25H25FN10O3S/c1-15-12-34(8-9-36(15)40(3,37)38)25-27-11-19-23(33-25)24(30-13-28-19)32-18-4-5-20(16(2)22(18)26)39-17-6-7-35-21(10-17)29-14-31-35/h4-7,10-11,13-15H,8-9,12H2,1-3H3,(H,28,30,32)/t15-/m1/s1. The Morgan fingerprint density at radius 1 is 1.10 bits per heavy atom. The highest BCUT2D eigenvalue weighted by Gasteiger charge is 2.31. The second-order valence-electron chi connectivity index (χ2n) is 9.50. The third kappa shape index (κ3) is 4.84. The molecule has 1 N–H and O–H groups in total. The number of anilines is 3. The van der Waals surface area contributed by atoms with E-state index < -0.39 is 15.8 Å². The molecule has 5 aromatic rings. The molecule has 40 heavy (non-hydrogen) atoms. The van der Waals surface area contributed by atoms with E-state index in [0.717, 1.165) is 0 Å². The molecule has 1 fully saturated rings. The minimum atomic E-state index is -3.31. The van der Waals surface area contributed by atoms with Crippen LogP contribution >= 0.6 is 0 Å². The Kier molecular flexibility index (Phi) is 6.38. The first-order chi connectivity index (χ1) is 19.2. The smallest absolute Gasteiger partial charge is 0.226 e. The maximum atomic E-state index is 15.5. The highest BCUT2D eigenvalue weighted by Crippen LogP contribution is 2.33. The van der Waals surface area contributed by atoms with Gasteiger partial charge in [0.05, 0.1) is 18.1 Å². The van der Waals surface area contributed by atoms with Gasteiger partial charge < -0.3 is 15.0 Å². The van der Waals surface area contributed by atoms with Crippen LogP contribution < -0.4 is 15.0 Å². The summed E-state index contributed by atoms with van der Waals surface area (Å²) in [4.78, 5) is 23.7. The summed E-state index contributed by atoms with van der Waals surface area (Å²) in [5, 5.41) is 7.09. The predicted octanol–water partition coefficient (Wildman–Crippen LogP) is 2.92. The number of piperazine rings is 1.